The molecule has 1 aromatic carbocycles. The second kappa shape index (κ2) is 6.09. The van der Waals surface area contributed by atoms with Crippen LogP contribution in [-0.4, -0.2) is 31.0 Å². The molecule has 124 valence electrons. The molecule has 0 saturated heterocycles. The number of rotatable bonds is 5. The number of ether oxygens (including phenoxy) is 1. The van der Waals surface area contributed by atoms with Crippen LogP contribution in [0, 0.1) is 11.3 Å². The van der Waals surface area contributed by atoms with Gasteiger partial charge in [-0.15, -0.1) is 0 Å². The summed E-state index contributed by atoms with van der Waals surface area (Å²) in [7, 11) is -2.57. The minimum Gasteiger partial charge on any atom is -0.464 e. The zero-order chi connectivity index (χ0) is 17.3. The molecule has 0 spiro atoms. The van der Waals surface area contributed by atoms with Gasteiger partial charge in [0.15, 0.2) is 0 Å². The van der Waals surface area contributed by atoms with Crippen molar-refractivity contribution in [2.75, 3.05) is 7.11 Å². The van der Waals surface area contributed by atoms with E-state index in [0.29, 0.717) is 11.1 Å². The molecule has 1 fully saturated rings. The van der Waals surface area contributed by atoms with Gasteiger partial charge in [0.2, 0.25) is 15.0 Å². The molecule has 1 aliphatic rings. The Morgan fingerprint density at radius 2 is 2.12 bits per heavy atom. The highest BCUT2D eigenvalue weighted by molar-refractivity contribution is 7.90. The summed E-state index contributed by atoms with van der Waals surface area (Å²) in [6.45, 7) is 0. The fourth-order valence-electron chi connectivity index (χ4n) is 2.54. The number of nitrogens with zero attached hydrogens (tertiary/aromatic N) is 3. The van der Waals surface area contributed by atoms with Gasteiger partial charge < -0.3 is 9.30 Å². The summed E-state index contributed by atoms with van der Waals surface area (Å²) >= 11 is 0. The summed E-state index contributed by atoms with van der Waals surface area (Å²) in [4.78, 5) is 15.8. The van der Waals surface area contributed by atoms with Gasteiger partial charge in [-0.05, 0) is 24.5 Å². The number of imidazole rings is 1. The molecule has 1 heterocycles. The number of benzene rings is 1. The van der Waals surface area contributed by atoms with Gasteiger partial charge in [-0.2, -0.15) is 5.26 Å². The molecule has 0 unspecified atom stereocenters. The van der Waals surface area contributed by atoms with Crippen LogP contribution in [0.15, 0.2) is 35.6 Å². The summed E-state index contributed by atoms with van der Waals surface area (Å²) in [5.41, 5.74) is 0.843. The third-order valence-electron chi connectivity index (χ3n) is 3.83. The fourth-order valence-corrected chi connectivity index (χ4v) is 4.09. The van der Waals surface area contributed by atoms with Crippen LogP contribution in [0.5, 0.6) is 0 Å². The lowest BCUT2D eigenvalue weighted by molar-refractivity contribution is 0.0587. The van der Waals surface area contributed by atoms with Crippen molar-refractivity contribution in [3.63, 3.8) is 0 Å². The second-order valence-electron chi connectivity index (χ2n) is 5.55. The highest BCUT2D eigenvalue weighted by Gasteiger charge is 2.35. The Morgan fingerprint density at radius 3 is 2.75 bits per heavy atom. The van der Waals surface area contributed by atoms with Crippen LogP contribution >= 0.6 is 0 Å². The van der Waals surface area contributed by atoms with Gasteiger partial charge in [-0.25, -0.2) is 18.2 Å². The number of nitriles is 1. The van der Waals surface area contributed by atoms with E-state index < -0.39 is 15.8 Å². The van der Waals surface area contributed by atoms with Crippen molar-refractivity contribution < 1.29 is 17.9 Å². The Morgan fingerprint density at radius 1 is 1.42 bits per heavy atom. The number of aromatic nitrogens is 2. The van der Waals surface area contributed by atoms with Gasteiger partial charge in [-0.3, -0.25) is 0 Å². The molecule has 1 aliphatic carbocycles. The smallest absolute Gasteiger partial charge is 0.356 e. The Balaban J connectivity index is 2.03. The zero-order valence-corrected chi connectivity index (χ0v) is 13.8. The van der Waals surface area contributed by atoms with Crippen LogP contribution in [0.25, 0.3) is 0 Å². The molecule has 0 aliphatic heterocycles. The van der Waals surface area contributed by atoms with Crippen molar-refractivity contribution in [1.82, 2.24) is 9.55 Å². The van der Waals surface area contributed by atoms with Crippen LogP contribution in [-0.2, 0) is 20.3 Å². The normalized spacial score (nSPS) is 14.2. The minimum absolute atomic E-state index is 0.0578. The third kappa shape index (κ3) is 2.90. The molecule has 0 N–H and O–H groups in total. The predicted octanol–water partition coefficient (Wildman–Crippen LogP) is 1.85. The highest BCUT2D eigenvalue weighted by Crippen LogP contribution is 2.38. The average Bonchev–Trinajstić information content (AvgIpc) is 3.31. The first-order valence-electron chi connectivity index (χ1n) is 7.34. The molecule has 1 saturated carbocycles. The predicted molar refractivity (Wildman–Crippen MR) is 83.9 cm³/mol. The lowest BCUT2D eigenvalue weighted by atomic mass is 10.1. The van der Waals surface area contributed by atoms with Crippen LogP contribution in [0.1, 0.15) is 40.5 Å². The number of carbonyl (C=O) groups excluding carboxylic acids is 1. The van der Waals surface area contributed by atoms with Gasteiger partial charge in [0.25, 0.3) is 0 Å². The van der Waals surface area contributed by atoms with Gasteiger partial charge in [-0.1, -0.05) is 18.2 Å². The van der Waals surface area contributed by atoms with Gasteiger partial charge >= 0.3 is 5.97 Å². The van der Waals surface area contributed by atoms with Crippen LogP contribution in [0.4, 0.5) is 0 Å². The summed E-state index contributed by atoms with van der Waals surface area (Å²) in [6.07, 6.45) is 2.81. The van der Waals surface area contributed by atoms with Crippen molar-refractivity contribution in [3.05, 3.63) is 47.3 Å². The molecular weight excluding hydrogens is 330 g/mol. The third-order valence-corrected chi connectivity index (χ3v) is 5.38. The monoisotopic (exact) mass is 345 g/mol. The van der Waals surface area contributed by atoms with E-state index in [9.17, 15) is 13.2 Å². The molecule has 8 heteroatoms. The van der Waals surface area contributed by atoms with E-state index in [2.05, 4.69) is 4.98 Å². The number of hydrogen-bond acceptors (Lipinski definition) is 6. The first-order valence-corrected chi connectivity index (χ1v) is 8.99. The first kappa shape index (κ1) is 16.2. The standard InChI is InChI=1S/C16H15N3O4S/c1-23-15(20)14-9-18-16(19(14)13-6-7-13)24(21,22)10-12-5-3-2-4-11(12)8-17/h2-5,9,13H,6-7,10H2,1H3. The molecule has 7 nitrogen and oxygen atoms in total. The number of sulfone groups is 1. The molecule has 3 rings (SSSR count). The van der Waals surface area contributed by atoms with E-state index in [1.165, 1.54) is 17.9 Å². The van der Waals surface area contributed by atoms with Crippen molar-refractivity contribution in [2.45, 2.75) is 29.8 Å². The molecule has 0 bridgehead atoms. The lowest BCUT2D eigenvalue weighted by Gasteiger charge is -2.10. The summed E-state index contributed by atoms with van der Waals surface area (Å²) < 4.78 is 31.7. The van der Waals surface area contributed by atoms with Crippen LogP contribution in [0.2, 0.25) is 0 Å². The SMILES string of the molecule is COC(=O)c1cnc(S(=O)(=O)Cc2ccccc2C#N)n1C1CC1. The Bertz CT molecular complexity index is 936. The minimum atomic E-state index is -3.81. The van der Waals surface area contributed by atoms with Crippen molar-refractivity contribution in [3.8, 4) is 6.07 Å². The average molecular weight is 345 g/mol. The van der Waals surface area contributed by atoms with Crippen LogP contribution in [0.3, 0.4) is 0 Å². The zero-order valence-electron chi connectivity index (χ0n) is 13.0. The van der Waals surface area contributed by atoms with E-state index in [1.807, 2.05) is 6.07 Å². The highest BCUT2D eigenvalue weighted by atomic mass is 32.2. The largest absolute Gasteiger partial charge is 0.464 e. The molecule has 0 amide bonds. The number of esters is 1. The lowest BCUT2D eigenvalue weighted by Crippen LogP contribution is -2.17. The van der Waals surface area contributed by atoms with Gasteiger partial charge in [0.1, 0.15) is 5.69 Å². The molecule has 0 atom stereocenters. The Hall–Kier alpha value is -2.66. The first-order chi connectivity index (χ1) is 11.5. The second-order valence-corrected chi connectivity index (χ2v) is 7.43. The van der Waals surface area contributed by atoms with Crippen LogP contribution < -0.4 is 0 Å². The molecular formula is C16H15N3O4S. The fraction of sp³-hybridized carbons (Fsp3) is 0.312. The summed E-state index contributed by atoms with van der Waals surface area (Å²) in [5.74, 6) is -0.963. The van der Waals surface area contributed by atoms with E-state index in [4.69, 9.17) is 10.00 Å². The molecule has 24 heavy (non-hydrogen) atoms. The number of hydrogen-bond donors (Lipinski definition) is 0. The number of carbonyl (C=O) groups is 1. The van der Waals surface area contributed by atoms with Gasteiger partial charge in [0.05, 0.1) is 30.7 Å². The van der Waals surface area contributed by atoms with Crippen molar-refractivity contribution >= 4 is 15.8 Å². The van der Waals surface area contributed by atoms with Gasteiger partial charge in [0, 0.05) is 6.04 Å². The molecule has 2 aromatic rings. The van der Waals surface area contributed by atoms with Crippen molar-refractivity contribution in [1.29, 1.82) is 5.26 Å². The Labute approximate surface area is 139 Å². The van der Waals surface area contributed by atoms with E-state index >= 15 is 0 Å². The maximum absolute atomic E-state index is 12.8. The quantitative estimate of drug-likeness (QED) is 0.766. The maximum atomic E-state index is 12.8. The summed E-state index contributed by atoms with van der Waals surface area (Å²) in [5, 5.41) is 8.97. The Kier molecular flexibility index (Phi) is 4.11. The molecule has 0 radical (unpaired) electrons. The van der Waals surface area contributed by atoms with Crippen molar-refractivity contribution in [2.24, 2.45) is 0 Å². The van der Waals surface area contributed by atoms with E-state index in [1.54, 1.807) is 24.3 Å². The van der Waals surface area contributed by atoms with E-state index in [-0.39, 0.29) is 22.6 Å². The van der Waals surface area contributed by atoms with E-state index in [0.717, 1.165) is 12.8 Å². The number of methoxy groups -OCH3 is 1. The maximum Gasteiger partial charge on any atom is 0.356 e. The topological polar surface area (TPSA) is 102 Å². The molecule has 1 aromatic heterocycles. The summed E-state index contributed by atoms with van der Waals surface area (Å²) in [6, 6.07) is 8.45.